The molecular formula is C20H24N4O2. The Morgan fingerprint density at radius 1 is 1.23 bits per heavy atom. The summed E-state index contributed by atoms with van der Waals surface area (Å²) in [4.78, 5) is 17.0. The lowest BCUT2D eigenvalue weighted by Crippen LogP contribution is -2.30. The maximum atomic E-state index is 12.3. The number of aryl methyl sites for hydroxylation is 1. The molecule has 6 heteroatoms. The Balaban J connectivity index is 1.82. The van der Waals surface area contributed by atoms with Crippen LogP contribution in [0.1, 0.15) is 18.9 Å². The normalized spacial score (nSPS) is 10.8. The number of nitrogens with zero attached hydrogens (tertiary/aromatic N) is 2. The second-order valence-corrected chi connectivity index (χ2v) is 6.04. The molecule has 0 aliphatic rings. The first kappa shape index (κ1) is 17.9. The molecule has 0 aliphatic heterocycles. The third kappa shape index (κ3) is 4.21. The number of anilines is 1. The minimum Gasteiger partial charge on any atom is -0.382 e. The van der Waals surface area contributed by atoms with Crippen LogP contribution >= 0.6 is 0 Å². The Kier molecular flexibility index (Phi) is 5.86. The van der Waals surface area contributed by atoms with Crippen molar-refractivity contribution < 1.29 is 9.53 Å². The molecule has 2 amide bonds. The Hall–Kier alpha value is -2.86. The molecule has 0 spiro atoms. The SMILES string of the molecule is CCOCCCNC(=O)Nc1c(-c2cccc(C)c2)nc2ccccn12. The fraction of sp³-hybridized carbons (Fsp3) is 0.300. The van der Waals surface area contributed by atoms with E-state index in [1.807, 2.05) is 60.8 Å². The first-order chi connectivity index (χ1) is 12.7. The smallest absolute Gasteiger partial charge is 0.320 e. The van der Waals surface area contributed by atoms with Gasteiger partial charge in [0.25, 0.3) is 0 Å². The Labute approximate surface area is 153 Å². The molecule has 0 aliphatic carbocycles. The number of benzene rings is 1. The number of nitrogens with one attached hydrogen (secondary N) is 2. The molecule has 3 aromatic rings. The topological polar surface area (TPSA) is 67.7 Å². The van der Waals surface area contributed by atoms with Crippen LogP contribution in [0.3, 0.4) is 0 Å². The van der Waals surface area contributed by atoms with Gasteiger partial charge >= 0.3 is 6.03 Å². The van der Waals surface area contributed by atoms with E-state index in [-0.39, 0.29) is 6.03 Å². The lowest BCUT2D eigenvalue weighted by atomic mass is 10.1. The lowest BCUT2D eigenvalue weighted by molar-refractivity contribution is 0.145. The maximum absolute atomic E-state index is 12.3. The van der Waals surface area contributed by atoms with Crippen LogP contribution in [-0.4, -0.2) is 35.2 Å². The molecule has 0 saturated heterocycles. The second-order valence-electron chi connectivity index (χ2n) is 6.04. The molecule has 26 heavy (non-hydrogen) atoms. The number of hydrogen-bond acceptors (Lipinski definition) is 3. The number of carbonyl (C=O) groups excluding carboxylic acids is 1. The van der Waals surface area contributed by atoms with Crippen LogP contribution in [0.4, 0.5) is 10.6 Å². The Morgan fingerprint density at radius 2 is 2.12 bits per heavy atom. The predicted molar refractivity (Wildman–Crippen MR) is 103 cm³/mol. The van der Waals surface area contributed by atoms with Crippen molar-refractivity contribution in [2.45, 2.75) is 20.3 Å². The number of carbonyl (C=O) groups is 1. The number of ether oxygens (including phenoxy) is 1. The Bertz CT molecular complexity index is 888. The van der Waals surface area contributed by atoms with Gasteiger partial charge in [0.05, 0.1) is 0 Å². The van der Waals surface area contributed by atoms with Crippen molar-refractivity contribution in [3.05, 3.63) is 54.2 Å². The number of amides is 2. The summed E-state index contributed by atoms with van der Waals surface area (Å²) in [5, 5.41) is 5.82. The third-order valence-corrected chi connectivity index (χ3v) is 4.01. The van der Waals surface area contributed by atoms with Gasteiger partial charge in [-0.15, -0.1) is 0 Å². The molecule has 0 bridgehead atoms. The van der Waals surface area contributed by atoms with Crippen LogP contribution in [0.5, 0.6) is 0 Å². The van der Waals surface area contributed by atoms with Crippen molar-refractivity contribution in [3.63, 3.8) is 0 Å². The summed E-state index contributed by atoms with van der Waals surface area (Å²) in [7, 11) is 0. The second kappa shape index (κ2) is 8.49. The number of urea groups is 1. The van der Waals surface area contributed by atoms with Gasteiger partial charge in [-0.2, -0.15) is 0 Å². The van der Waals surface area contributed by atoms with E-state index in [9.17, 15) is 4.79 Å². The van der Waals surface area contributed by atoms with Crippen LogP contribution in [0.25, 0.3) is 16.9 Å². The summed E-state index contributed by atoms with van der Waals surface area (Å²) in [6.45, 7) is 5.88. The third-order valence-electron chi connectivity index (χ3n) is 4.01. The summed E-state index contributed by atoms with van der Waals surface area (Å²) in [6.07, 6.45) is 2.67. The van der Waals surface area contributed by atoms with E-state index in [1.165, 1.54) is 0 Å². The largest absolute Gasteiger partial charge is 0.382 e. The van der Waals surface area contributed by atoms with Gasteiger partial charge in [-0.3, -0.25) is 9.72 Å². The summed E-state index contributed by atoms with van der Waals surface area (Å²) in [5.74, 6) is 0.661. The van der Waals surface area contributed by atoms with Crippen LogP contribution in [0.2, 0.25) is 0 Å². The van der Waals surface area contributed by atoms with E-state index in [0.717, 1.165) is 28.9 Å². The van der Waals surface area contributed by atoms with Crippen molar-refractivity contribution in [2.24, 2.45) is 0 Å². The number of imidazole rings is 1. The number of hydrogen-bond donors (Lipinski definition) is 2. The van der Waals surface area contributed by atoms with Gasteiger partial charge in [0.15, 0.2) is 0 Å². The molecule has 0 atom stereocenters. The van der Waals surface area contributed by atoms with E-state index < -0.39 is 0 Å². The molecule has 0 radical (unpaired) electrons. The van der Waals surface area contributed by atoms with Gasteiger partial charge in [0, 0.05) is 31.5 Å². The highest BCUT2D eigenvalue weighted by atomic mass is 16.5. The average molecular weight is 352 g/mol. The van der Waals surface area contributed by atoms with Crippen LogP contribution < -0.4 is 10.6 Å². The highest BCUT2D eigenvalue weighted by Crippen LogP contribution is 2.29. The highest BCUT2D eigenvalue weighted by Gasteiger charge is 2.16. The van der Waals surface area contributed by atoms with Crippen molar-refractivity contribution in [1.29, 1.82) is 0 Å². The lowest BCUT2D eigenvalue weighted by Gasteiger charge is -2.10. The molecule has 2 N–H and O–H groups in total. The molecule has 0 unspecified atom stereocenters. The highest BCUT2D eigenvalue weighted by molar-refractivity contribution is 5.93. The molecule has 3 rings (SSSR count). The zero-order chi connectivity index (χ0) is 18.4. The average Bonchev–Trinajstić information content (AvgIpc) is 3.00. The number of pyridine rings is 1. The first-order valence-electron chi connectivity index (χ1n) is 8.85. The zero-order valence-electron chi connectivity index (χ0n) is 15.2. The van der Waals surface area contributed by atoms with Crippen molar-refractivity contribution in [2.75, 3.05) is 25.1 Å². The fourth-order valence-corrected chi connectivity index (χ4v) is 2.78. The zero-order valence-corrected chi connectivity index (χ0v) is 15.2. The molecule has 1 aromatic carbocycles. The molecule has 0 saturated carbocycles. The summed E-state index contributed by atoms with van der Waals surface area (Å²) in [5.41, 5.74) is 3.66. The molecule has 136 valence electrons. The predicted octanol–water partition coefficient (Wildman–Crippen LogP) is 3.86. The molecule has 2 aromatic heterocycles. The molecule has 0 fully saturated rings. The van der Waals surface area contributed by atoms with Crippen LogP contribution in [0.15, 0.2) is 48.7 Å². The van der Waals surface area contributed by atoms with E-state index >= 15 is 0 Å². The molecule has 2 heterocycles. The molecular weight excluding hydrogens is 328 g/mol. The van der Waals surface area contributed by atoms with E-state index in [0.29, 0.717) is 25.6 Å². The maximum Gasteiger partial charge on any atom is 0.320 e. The quantitative estimate of drug-likeness (QED) is 0.635. The number of aromatic nitrogens is 2. The van der Waals surface area contributed by atoms with E-state index in [4.69, 9.17) is 9.72 Å². The number of fused-ring (bicyclic) bond motifs is 1. The Morgan fingerprint density at radius 3 is 2.92 bits per heavy atom. The van der Waals surface area contributed by atoms with E-state index in [1.54, 1.807) is 0 Å². The minimum atomic E-state index is -0.249. The van der Waals surface area contributed by atoms with Crippen LogP contribution in [0, 0.1) is 6.92 Å². The van der Waals surface area contributed by atoms with Gasteiger partial charge in [-0.1, -0.05) is 29.8 Å². The first-order valence-corrected chi connectivity index (χ1v) is 8.85. The van der Waals surface area contributed by atoms with Crippen molar-refractivity contribution in [1.82, 2.24) is 14.7 Å². The van der Waals surface area contributed by atoms with Gasteiger partial charge < -0.3 is 10.1 Å². The summed E-state index contributed by atoms with van der Waals surface area (Å²) >= 11 is 0. The van der Waals surface area contributed by atoms with Crippen molar-refractivity contribution >= 4 is 17.5 Å². The van der Waals surface area contributed by atoms with Gasteiger partial charge in [0.2, 0.25) is 0 Å². The standard InChI is InChI=1S/C20H24N4O2/c1-3-26-13-7-11-21-20(25)23-19-18(16-9-6-8-15(2)14-16)22-17-10-4-5-12-24(17)19/h4-6,8-10,12,14H,3,7,11,13H2,1-2H3,(H2,21,23,25). The van der Waals surface area contributed by atoms with Crippen molar-refractivity contribution in [3.8, 4) is 11.3 Å². The van der Waals surface area contributed by atoms with Gasteiger partial charge in [0.1, 0.15) is 17.2 Å². The van der Waals surface area contributed by atoms with Gasteiger partial charge in [-0.05, 0) is 38.5 Å². The van der Waals surface area contributed by atoms with Crippen LogP contribution in [-0.2, 0) is 4.74 Å². The number of rotatable bonds is 7. The monoisotopic (exact) mass is 352 g/mol. The van der Waals surface area contributed by atoms with Gasteiger partial charge in [-0.25, -0.2) is 9.78 Å². The summed E-state index contributed by atoms with van der Waals surface area (Å²) < 4.78 is 7.17. The molecule has 6 nitrogen and oxygen atoms in total. The summed E-state index contributed by atoms with van der Waals surface area (Å²) in [6, 6.07) is 13.6. The minimum absolute atomic E-state index is 0.249. The van der Waals surface area contributed by atoms with E-state index in [2.05, 4.69) is 16.7 Å². The fourth-order valence-electron chi connectivity index (χ4n) is 2.78.